The van der Waals surface area contributed by atoms with Crippen LogP contribution in [-0.2, 0) is 5.21 Å². The average molecular weight is 300 g/mol. The molecule has 0 bridgehead atoms. The summed E-state index contributed by atoms with van der Waals surface area (Å²) in [6, 6.07) is 14.9. The topological polar surface area (TPSA) is 0 Å². The Hall–Kier alpha value is -1.21. The van der Waals surface area contributed by atoms with Crippen LogP contribution in [0.1, 0.15) is 5.56 Å². The second kappa shape index (κ2) is 4.23. The summed E-state index contributed by atoms with van der Waals surface area (Å²) < 4.78 is 41.7. The van der Waals surface area contributed by atoms with E-state index >= 15 is 0 Å². The molecule has 0 aliphatic carbocycles. The molecule has 0 radical (unpaired) electrons. The standard InChI is InChI=1S/C13H12AsF3/c15-14(16,17,13-9-5-2-6-10-13)11-12-7-3-1-4-8-12/h1-10H,11H2. The van der Waals surface area contributed by atoms with Crippen LogP contribution in [0.15, 0.2) is 60.7 Å². The number of benzene rings is 2. The van der Waals surface area contributed by atoms with E-state index in [-0.39, 0.29) is 0 Å². The summed E-state index contributed by atoms with van der Waals surface area (Å²) in [7, 11) is 0. The van der Waals surface area contributed by atoms with Crippen molar-refractivity contribution in [2.45, 2.75) is 5.21 Å². The molecule has 0 heterocycles. The number of halogens is 3. The molecule has 0 saturated carbocycles. The van der Waals surface area contributed by atoms with E-state index < -0.39 is 23.4 Å². The van der Waals surface area contributed by atoms with Gasteiger partial charge in [0, 0.05) is 0 Å². The molecule has 0 saturated heterocycles. The van der Waals surface area contributed by atoms with Crippen molar-refractivity contribution in [3.8, 4) is 0 Å². The first-order valence-corrected chi connectivity index (χ1v) is 9.61. The summed E-state index contributed by atoms with van der Waals surface area (Å²) in [5.41, 5.74) is 0.342. The molecule has 0 unspecified atom stereocenters. The van der Waals surface area contributed by atoms with Crippen molar-refractivity contribution < 1.29 is 10.4 Å². The predicted octanol–water partition coefficient (Wildman–Crippen LogP) is 3.48. The van der Waals surface area contributed by atoms with Crippen LogP contribution < -0.4 is 4.35 Å². The van der Waals surface area contributed by atoms with E-state index in [0.717, 1.165) is 0 Å². The van der Waals surface area contributed by atoms with E-state index in [4.69, 9.17) is 0 Å². The molecular formula is C13H12AsF3. The number of hydrogen-bond acceptors (Lipinski definition) is 0. The molecule has 2 aromatic rings. The van der Waals surface area contributed by atoms with E-state index in [9.17, 15) is 10.4 Å². The van der Waals surface area contributed by atoms with Gasteiger partial charge in [-0.05, 0) is 0 Å². The van der Waals surface area contributed by atoms with Crippen molar-refractivity contribution in [1.29, 1.82) is 0 Å². The molecule has 0 aromatic heterocycles. The molecule has 0 amide bonds. The molecular weight excluding hydrogens is 288 g/mol. The van der Waals surface area contributed by atoms with Gasteiger partial charge in [-0.1, -0.05) is 0 Å². The third-order valence-corrected chi connectivity index (χ3v) is 6.99. The van der Waals surface area contributed by atoms with Crippen molar-refractivity contribution in [2.75, 3.05) is 0 Å². The maximum atomic E-state index is 14.0. The minimum absolute atomic E-state index is 0.342. The van der Waals surface area contributed by atoms with Gasteiger partial charge in [-0.2, -0.15) is 0 Å². The third-order valence-electron chi connectivity index (χ3n) is 2.52. The fraction of sp³-hybridized carbons (Fsp3) is 0.0769. The first-order valence-electron chi connectivity index (χ1n) is 5.22. The van der Waals surface area contributed by atoms with Crippen LogP contribution in [-0.4, -0.2) is 13.9 Å². The zero-order valence-corrected chi connectivity index (χ0v) is 10.9. The Bertz CT molecular complexity index is 488. The van der Waals surface area contributed by atoms with Gasteiger partial charge in [0.05, 0.1) is 0 Å². The normalized spacial score (nSPS) is 13.9. The summed E-state index contributed by atoms with van der Waals surface area (Å²) >= 11 is -6.88. The molecule has 2 rings (SSSR count). The van der Waals surface area contributed by atoms with Crippen LogP contribution in [0.4, 0.5) is 10.4 Å². The monoisotopic (exact) mass is 300 g/mol. The Balaban J connectivity index is 2.35. The molecule has 0 nitrogen and oxygen atoms in total. The van der Waals surface area contributed by atoms with Gasteiger partial charge in [0.15, 0.2) is 0 Å². The van der Waals surface area contributed by atoms with Gasteiger partial charge in [0.2, 0.25) is 0 Å². The minimum atomic E-state index is -6.88. The van der Waals surface area contributed by atoms with Crippen molar-refractivity contribution >= 4 is 18.2 Å². The van der Waals surface area contributed by atoms with Gasteiger partial charge in [0.1, 0.15) is 0 Å². The van der Waals surface area contributed by atoms with Gasteiger partial charge in [-0.25, -0.2) is 0 Å². The molecule has 90 valence electrons. The van der Waals surface area contributed by atoms with Crippen molar-refractivity contribution in [3.63, 3.8) is 0 Å². The molecule has 0 atom stereocenters. The van der Waals surface area contributed by atoms with Crippen molar-refractivity contribution in [1.82, 2.24) is 0 Å². The molecule has 17 heavy (non-hydrogen) atoms. The van der Waals surface area contributed by atoms with Crippen LogP contribution in [0, 0.1) is 0 Å². The zero-order valence-electron chi connectivity index (χ0n) is 9.06. The van der Waals surface area contributed by atoms with E-state index in [1.807, 2.05) is 0 Å². The second-order valence-corrected chi connectivity index (χ2v) is 9.72. The summed E-state index contributed by atoms with van der Waals surface area (Å²) in [5.74, 6) is 0. The van der Waals surface area contributed by atoms with Gasteiger partial charge >= 0.3 is 100 Å². The SMILES string of the molecule is F[As](F)(F)(Cc1ccccc1)c1ccccc1. The van der Waals surface area contributed by atoms with Crippen molar-refractivity contribution in [3.05, 3.63) is 66.2 Å². The molecule has 0 aliphatic heterocycles. The Morgan fingerprint density at radius 1 is 0.706 bits per heavy atom. The van der Waals surface area contributed by atoms with Crippen LogP contribution in [0.3, 0.4) is 0 Å². The Labute approximate surface area is 100 Å². The van der Waals surface area contributed by atoms with Crippen LogP contribution in [0.2, 0.25) is 0 Å². The Kier molecular flexibility index (Phi) is 3.05. The van der Waals surface area contributed by atoms with Gasteiger partial charge in [0.25, 0.3) is 0 Å². The first kappa shape index (κ1) is 12.3. The molecule has 0 spiro atoms. The zero-order chi connectivity index (χ0) is 12.4. The number of rotatable bonds is 3. The van der Waals surface area contributed by atoms with E-state index in [2.05, 4.69) is 0 Å². The molecule has 0 aliphatic rings. The fourth-order valence-electron chi connectivity index (χ4n) is 1.68. The van der Waals surface area contributed by atoms with Crippen LogP contribution >= 0.6 is 0 Å². The van der Waals surface area contributed by atoms with E-state index in [1.165, 1.54) is 36.4 Å². The summed E-state index contributed by atoms with van der Waals surface area (Å²) in [4.78, 5) is 0. The second-order valence-electron chi connectivity index (χ2n) is 3.94. The predicted molar refractivity (Wildman–Crippen MR) is 65.3 cm³/mol. The van der Waals surface area contributed by atoms with Crippen molar-refractivity contribution in [2.24, 2.45) is 0 Å². The van der Waals surface area contributed by atoms with Gasteiger partial charge in [-0.3, -0.25) is 0 Å². The Morgan fingerprint density at radius 2 is 1.18 bits per heavy atom. The maximum absolute atomic E-state index is 14.0. The summed E-state index contributed by atoms with van der Waals surface area (Å²) in [6.45, 7) is 0. The molecule has 0 fully saturated rings. The first-order chi connectivity index (χ1) is 7.96. The van der Waals surface area contributed by atoms with Gasteiger partial charge in [-0.15, -0.1) is 0 Å². The Morgan fingerprint density at radius 3 is 1.71 bits per heavy atom. The van der Waals surface area contributed by atoms with Crippen LogP contribution in [0.5, 0.6) is 0 Å². The third kappa shape index (κ3) is 2.92. The van der Waals surface area contributed by atoms with E-state index in [0.29, 0.717) is 5.56 Å². The fourth-order valence-corrected chi connectivity index (χ4v) is 5.27. The quantitative estimate of drug-likeness (QED) is 0.761. The summed E-state index contributed by atoms with van der Waals surface area (Å²) in [6.07, 6.45) is 0. The van der Waals surface area contributed by atoms with Gasteiger partial charge < -0.3 is 0 Å². The molecule has 4 heteroatoms. The summed E-state index contributed by atoms with van der Waals surface area (Å²) in [5, 5.41) is -0.774. The van der Waals surface area contributed by atoms with Crippen LogP contribution in [0.25, 0.3) is 0 Å². The molecule has 2 aromatic carbocycles. The molecule has 0 N–H and O–H groups in total. The van der Waals surface area contributed by atoms with E-state index in [1.54, 1.807) is 24.3 Å². The average Bonchev–Trinajstić information content (AvgIpc) is 2.30. The number of hydrogen-bond donors (Lipinski definition) is 0.